The van der Waals surface area contributed by atoms with Gasteiger partial charge in [0.05, 0.1) is 5.56 Å². The Labute approximate surface area is 118 Å². The molecule has 0 aliphatic carbocycles. The first kappa shape index (κ1) is 13.1. The van der Waals surface area contributed by atoms with Gasteiger partial charge in [-0.3, -0.25) is 0 Å². The quantitative estimate of drug-likeness (QED) is 0.851. The summed E-state index contributed by atoms with van der Waals surface area (Å²) in [4.78, 5) is 4.50. The zero-order valence-corrected chi connectivity index (χ0v) is 11.8. The fourth-order valence-electron chi connectivity index (χ4n) is 2.53. The summed E-state index contributed by atoms with van der Waals surface area (Å²) in [7, 11) is 0. The molecular weight excluding hydrogens is 254 g/mol. The van der Waals surface area contributed by atoms with E-state index in [9.17, 15) is 0 Å². The zero-order valence-electron chi connectivity index (χ0n) is 11.8. The fraction of sp³-hybridized carbons (Fsp3) is 0.467. The van der Waals surface area contributed by atoms with Crippen LogP contribution in [0.15, 0.2) is 22.7 Å². The van der Waals surface area contributed by atoms with E-state index in [-0.39, 0.29) is 0 Å². The Morgan fingerprint density at radius 1 is 1.30 bits per heavy atom. The van der Waals surface area contributed by atoms with E-state index in [1.165, 1.54) is 0 Å². The lowest BCUT2D eigenvalue weighted by atomic mass is 9.95. The number of aromatic nitrogens is 2. The second-order valence-corrected chi connectivity index (χ2v) is 5.50. The summed E-state index contributed by atoms with van der Waals surface area (Å²) in [6.45, 7) is 4.72. The number of anilines is 1. The molecule has 3 rings (SSSR count). The summed E-state index contributed by atoms with van der Waals surface area (Å²) in [5.74, 6) is 1.06. The number of rotatable bonds is 2. The molecule has 1 aliphatic rings. The number of para-hydroxylation sites is 1. The topological polar surface area (TPSA) is 74.2 Å². The van der Waals surface area contributed by atoms with Gasteiger partial charge in [0, 0.05) is 12.3 Å². The average molecular weight is 273 g/mol. The SMILES string of the molecule is Cc1cccc(-c2nc(C3(C)CCCCO3)no2)c1N. The van der Waals surface area contributed by atoms with Gasteiger partial charge in [0.25, 0.3) is 5.89 Å². The van der Waals surface area contributed by atoms with Gasteiger partial charge in [-0.05, 0) is 44.7 Å². The Morgan fingerprint density at radius 3 is 2.90 bits per heavy atom. The number of nitrogens with zero attached hydrogens (tertiary/aromatic N) is 2. The summed E-state index contributed by atoms with van der Waals surface area (Å²) in [6, 6.07) is 5.79. The monoisotopic (exact) mass is 273 g/mol. The molecule has 2 N–H and O–H groups in total. The predicted molar refractivity (Wildman–Crippen MR) is 76.0 cm³/mol. The van der Waals surface area contributed by atoms with Gasteiger partial charge in [-0.2, -0.15) is 4.98 Å². The van der Waals surface area contributed by atoms with Crippen LogP contribution in [-0.2, 0) is 10.3 Å². The van der Waals surface area contributed by atoms with Gasteiger partial charge in [0.15, 0.2) is 0 Å². The average Bonchev–Trinajstić information content (AvgIpc) is 2.93. The molecule has 2 aromatic rings. The van der Waals surface area contributed by atoms with E-state index in [0.29, 0.717) is 17.4 Å². The van der Waals surface area contributed by atoms with E-state index in [1.807, 2.05) is 32.0 Å². The third-order valence-corrected chi connectivity index (χ3v) is 3.92. The summed E-state index contributed by atoms with van der Waals surface area (Å²) in [5.41, 5.74) is 8.09. The van der Waals surface area contributed by atoms with Crippen molar-refractivity contribution in [3.8, 4) is 11.5 Å². The molecule has 0 radical (unpaired) electrons. The second-order valence-electron chi connectivity index (χ2n) is 5.50. The smallest absolute Gasteiger partial charge is 0.260 e. The lowest BCUT2D eigenvalue weighted by molar-refractivity contribution is -0.0770. The lowest BCUT2D eigenvalue weighted by Crippen LogP contribution is -2.31. The van der Waals surface area contributed by atoms with Crippen LogP contribution in [0.25, 0.3) is 11.5 Å². The molecule has 1 atom stereocenters. The van der Waals surface area contributed by atoms with E-state index in [2.05, 4.69) is 10.1 Å². The maximum atomic E-state index is 6.08. The molecule has 0 saturated carbocycles. The van der Waals surface area contributed by atoms with Gasteiger partial charge in [-0.1, -0.05) is 17.3 Å². The maximum absolute atomic E-state index is 6.08. The minimum atomic E-state index is -0.446. The third kappa shape index (κ3) is 2.18. The van der Waals surface area contributed by atoms with Gasteiger partial charge in [0.2, 0.25) is 5.82 Å². The number of aryl methyl sites for hydroxylation is 1. The van der Waals surface area contributed by atoms with Crippen LogP contribution in [0, 0.1) is 6.92 Å². The Balaban J connectivity index is 1.96. The van der Waals surface area contributed by atoms with E-state index in [4.69, 9.17) is 15.0 Å². The second kappa shape index (κ2) is 4.90. The Kier molecular flexibility index (Phi) is 3.22. The maximum Gasteiger partial charge on any atom is 0.260 e. The number of hydrogen-bond donors (Lipinski definition) is 1. The van der Waals surface area contributed by atoms with Crippen LogP contribution in [0.4, 0.5) is 5.69 Å². The number of nitrogen functional groups attached to an aromatic ring is 1. The van der Waals surface area contributed by atoms with Crippen LogP contribution in [0.2, 0.25) is 0 Å². The molecule has 1 aromatic carbocycles. The molecule has 1 aromatic heterocycles. The van der Waals surface area contributed by atoms with Crippen LogP contribution in [-0.4, -0.2) is 16.7 Å². The van der Waals surface area contributed by atoms with Crippen molar-refractivity contribution < 1.29 is 9.26 Å². The van der Waals surface area contributed by atoms with Crippen LogP contribution in [0.1, 0.15) is 37.6 Å². The molecular formula is C15H19N3O2. The molecule has 2 heterocycles. The summed E-state index contributed by atoms with van der Waals surface area (Å²) >= 11 is 0. The molecule has 5 nitrogen and oxygen atoms in total. The van der Waals surface area contributed by atoms with Crippen molar-refractivity contribution in [3.05, 3.63) is 29.6 Å². The van der Waals surface area contributed by atoms with Gasteiger partial charge < -0.3 is 15.0 Å². The van der Waals surface area contributed by atoms with Crippen molar-refractivity contribution in [2.75, 3.05) is 12.3 Å². The first-order valence-corrected chi connectivity index (χ1v) is 6.94. The largest absolute Gasteiger partial charge is 0.398 e. The molecule has 5 heteroatoms. The molecule has 1 unspecified atom stereocenters. The van der Waals surface area contributed by atoms with Crippen molar-refractivity contribution in [3.63, 3.8) is 0 Å². The van der Waals surface area contributed by atoms with Crippen LogP contribution in [0.3, 0.4) is 0 Å². The standard InChI is InChI=1S/C15H19N3O2/c1-10-6-5-7-11(12(10)16)13-17-14(18-20-13)15(2)8-3-4-9-19-15/h5-7H,3-4,8-9,16H2,1-2H3. The van der Waals surface area contributed by atoms with Crippen molar-refractivity contribution in [2.45, 2.75) is 38.7 Å². The molecule has 0 spiro atoms. The van der Waals surface area contributed by atoms with Crippen molar-refractivity contribution >= 4 is 5.69 Å². The molecule has 20 heavy (non-hydrogen) atoms. The minimum Gasteiger partial charge on any atom is -0.398 e. The highest BCUT2D eigenvalue weighted by atomic mass is 16.5. The lowest BCUT2D eigenvalue weighted by Gasteiger charge is -2.30. The summed E-state index contributed by atoms with van der Waals surface area (Å²) in [5, 5.41) is 4.09. The van der Waals surface area contributed by atoms with Crippen LogP contribution < -0.4 is 5.73 Å². The number of hydrogen-bond acceptors (Lipinski definition) is 5. The molecule has 1 fully saturated rings. The van der Waals surface area contributed by atoms with Crippen LogP contribution in [0.5, 0.6) is 0 Å². The predicted octanol–water partition coefficient (Wildman–Crippen LogP) is 3.04. The number of benzene rings is 1. The van der Waals surface area contributed by atoms with Gasteiger partial charge in [-0.15, -0.1) is 0 Å². The van der Waals surface area contributed by atoms with E-state index in [0.717, 1.165) is 37.0 Å². The summed E-state index contributed by atoms with van der Waals surface area (Å²) in [6.07, 6.45) is 3.12. The molecule has 1 saturated heterocycles. The number of ether oxygens (including phenoxy) is 1. The van der Waals surface area contributed by atoms with E-state index < -0.39 is 5.60 Å². The zero-order chi connectivity index (χ0) is 14.2. The Morgan fingerprint density at radius 2 is 2.15 bits per heavy atom. The van der Waals surface area contributed by atoms with Crippen molar-refractivity contribution in [1.82, 2.24) is 10.1 Å². The molecule has 106 valence electrons. The van der Waals surface area contributed by atoms with Gasteiger partial charge >= 0.3 is 0 Å². The van der Waals surface area contributed by atoms with Gasteiger partial charge in [0.1, 0.15) is 5.60 Å². The first-order valence-electron chi connectivity index (χ1n) is 6.94. The Bertz CT molecular complexity index is 615. The van der Waals surface area contributed by atoms with E-state index >= 15 is 0 Å². The fourth-order valence-corrected chi connectivity index (χ4v) is 2.53. The minimum absolute atomic E-state index is 0.446. The third-order valence-electron chi connectivity index (χ3n) is 3.92. The van der Waals surface area contributed by atoms with Gasteiger partial charge in [-0.25, -0.2) is 0 Å². The summed E-state index contributed by atoms with van der Waals surface area (Å²) < 4.78 is 11.2. The highest BCUT2D eigenvalue weighted by Gasteiger charge is 2.35. The van der Waals surface area contributed by atoms with Crippen molar-refractivity contribution in [1.29, 1.82) is 0 Å². The molecule has 0 bridgehead atoms. The molecule has 1 aliphatic heterocycles. The normalized spacial score (nSPS) is 22.9. The highest BCUT2D eigenvalue weighted by molar-refractivity contribution is 5.73. The Hall–Kier alpha value is -1.88. The highest BCUT2D eigenvalue weighted by Crippen LogP contribution is 2.35. The van der Waals surface area contributed by atoms with Crippen LogP contribution >= 0.6 is 0 Å². The van der Waals surface area contributed by atoms with Crippen molar-refractivity contribution in [2.24, 2.45) is 0 Å². The molecule has 0 amide bonds. The first-order chi connectivity index (χ1) is 9.60. The van der Waals surface area contributed by atoms with E-state index in [1.54, 1.807) is 0 Å². The number of nitrogens with two attached hydrogens (primary N) is 1.